The van der Waals surface area contributed by atoms with Gasteiger partial charge in [0.05, 0.1) is 10.8 Å². The summed E-state index contributed by atoms with van der Waals surface area (Å²) in [4.78, 5) is 21.9. The SMILES string of the molecule is CCn1nc(C)c([N+](=O)[O-])c1NCC(CC(C)C)C(=O)O. The van der Waals surface area contributed by atoms with Crippen LogP contribution in [0.5, 0.6) is 0 Å². The van der Waals surface area contributed by atoms with Gasteiger partial charge in [0, 0.05) is 13.1 Å². The average molecular weight is 298 g/mol. The van der Waals surface area contributed by atoms with Crippen LogP contribution in [-0.4, -0.2) is 32.3 Å². The van der Waals surface area contributed by atoms with Gasteiger partial charge in [-0.25, -0.2) is 4.68 Å². The fourth-order valence-corrected chi connectivity index (χ4v) is 2.25. The lowest BCUT2D eigenvalue weighted by Crippen LogP contribution is -2.25. The quantitative estimate of drug-likeness (QED) is 0.562. The van der Waals surface area contributed by atoms with Crippen LogP contribution in [0.15, 0.2) is 0 Å². The van der Waals surface area contributed by atoms with Crippen molar-refractivity contribution in [2.75, 3.05) is 11.9 Å². The fourth-order valence-electron chi connectivity index (χ4n) is 2.25. The Hall–Kier alpha value is -2.12. The number of anilines is 1. The number of hydrogen-bond donors (Lipinski definition) is 2. The van der Waals surface area contributed by atoms with Gasteiger partial charge in [0.1, 0.15) is 5.69 Å². The van der Waals surface area contributed by atoms with Gasteiger partial charge in [-0.2, -0.15) is 5.10 Å². The van der Waals surface area contributed by atoms with Crippen LogP contribution in [0.4, 0.5) is 11.5 Å². The molecule has 21 heavy (non-hydrogen) atoms. The highest BCUT2D eigenvalue weighted by atomic mass is 16.6. The van der Waals surface area contributed by atoms with Crippen LogP contribution in [-0.2, 0) is 11.3 Å². The van der Waals surface area contributed by atoms with Crippen molar-refractivity contribution in [3.05, 3.63) is 15.8 Å². The molecule has 1 aromatic heterocycles. The van der Waals surface area contributed by atoms with Crippen LogP contribution < -0.4 is 5.32 Å². The molecule has 0 saturated heterocycles. The smallest absolute Gasteiger partial charge is 0.333 e. The van der Waals surface area contributed by atoms with Crippen molar-refractivity contribution in [3.63, 3.8) is 0 Å². The number of hydrogen-bond acceptors (Lipinski definition) is 5. The summed E-state index contributed by atoms with van der Waals surface area (Å²) in [7, 11) is 0. The van der Waals surface area contributed by atoms with E-state index >= 15 is 0 Å². The molecule has 8 nitrogen and oxygen atoms in total. The number of nitro groups is 1. The Morgan fingerprint density at radius 3 is 2.57 bits per heavy atom. The number of carbonyl (C=O) groups is 1. The molecule has 0 amide bonds. The number of nitrogens with one attached hydrogen (secondary N) is 1. The summed E-state index contributed by atoms with van der Waals surface area (Å²) in [6.45, 7) is 7.89. The van der Waals surface area contributed by atoms with E-state index < -0.39 is 16.8 Å². The normalized spacial score (nSPS) is 12.4. The molecule has 2 N–H and O–H groups in total. The summed E-state index contributed by atoms with van der Waals surface area (Å²) in [5, 5.41) is 27.3. The first-order valence-corrected chi connectivity index (χ1v) is 6.96. The van der Waals surface area contributed by atoms with Crippen molar-refractivity contribution < 1.29 is 14.8 Å². The molecule has 1 unspecified atom stereocenters. The van der Waals surface area contributed by atoms with E-state index in [4.69, 9.17) is 0 Å². The summed E-state index contributed by atoms with van der Waals surface area (Å²) in [5.41, 5.74) is 0.227. The van der Waals surface area contributed by atoms with E-state index in [1.807, 2.05) is 20.8 Å². The number of carboxylic acids is 1. The van der Waals surface area contributed by atoms with Crippen LogP contribution in [0.2, 0.25) is 0 Å². The molecule has 8 heteroatoms. The summed E-state index contributed by atoms with van der Waals surface area (Å²) < 4.78 is 1.49. The molecule has 1 atom stereocenters. The van der Waals surface area contributed by atoms with E-state index in [0.717, 1.165) is 0 Å². The van der Waals surface area contributed by atoms with Crippen molar-refractivity contribution in [1.82, 2.24) is 9.78 Å². The second-order valence-corrected chi connectivity index (χ2v) is 5.40. The maximum atomic E-state index is 11.2. The molecule has 1 rings (SSSR count). The van der Waals surface area contributed by atoms with E-state index in [1.165, 1.54) is 4.68 Å². The highest BCUT2D eigenvalue weighted by Gasteiger charge is 2.26. The second-order valence-electron chi connectivity index (χ2n) is 5.40. The standard InChI is InChI=1S/C13H22N4O4/c1-5-16-12(11(17(20)21)9(4)15-16)14-7-10(13(18)19)6-8(2)3/h8,10,14H,5-7H2,1-4H3,(H,18,19). The van der Waals surface area contributed by atoms with E-state index in [2.05, 4.69) is 10.4 Å². The Bertz CT molecular complexity index is 524. The van der Waals surface area contributed by atoms with Crippen LogP contribution in [0, 0.1) is 28.9 Å². The highest BCUT2D eigenvalue weighted by Crippen LogP contribution is 2.28. The Kier molecular flexibility index (Phi) is 5.69. The minimum Gasteiger partial charge on any atom is -0.481 e. The topological polar surface area (TPSA) is 110 Å². The fraction of sp³-hybridized carbons (Fsp3) is 0.692. The minimum absolute atomic E-state index is 0.0921. The van der Waals surface area contributed by atoms with Crippen molar-refractivity contribution in [2.24, 2.45) is 11.8 Å². The van der Waals surface area contributed by atoms with Gasteiger partial charge in [0.2, 0.25) is 5.82 Å². The number of aryl methyl sites for hydroxylation is 2. The summed E-state index contributed by atoms with van der Waals surface area (Å²) in [5.74, 6) is -0.987. The van der Waals surface area contributed by atoms with Gasteiger partial charge in [-0.3, -0.25) is 14.9 Å². The first kappa shape index (κ1) is 16.9. The highest BCUT2D eigenvalue weighted by molar-refractivity contribution is 5.71. The van der Waals surface area contributed by atoms with Crippen molar-refractivity contribution in [2.45, 2.75) is 40.7 Å². The summed E-state index contributed by atoms with van der Waals surface area (Å²) >= 11 is 0. The third-order valence-corrected chi connectivity index (χ3v) is 3.20. The third kappa shape index (κ3) is 4.17. The van der Waals surface area contributed by atoms with Gasteiger partial charge >= 0.3 is 11.7 Å². The molecule has 0 saturated carbocycles. The zero-order valence-corrected chi connectivity index (χ0v) is 12.8. The predicted molar refractivity (Wildman–Crippen MR) is 78.4 cm³/mol. The third-order valence-electron chi connectivity index (χ3n) is 3.20. The molecular formula is C13H22N4O4. The lowest BCUT2D eigenvalue weighted by Gasteiger charge is -2.16. The van der Waals surface area contributed by atoms with Crippen LogP contribution in [0.3, 0.4) is 0 Å². The Labute approximate surface area is 123 Å². The molecule has 0 aromatic carbocycles. The zero-order chi connectivity index (χ0) is 16.2. The van der Waals surface area contributed by atoms with Crippen molar-refractivity contribution in [3.8, 4) is 0 Å². The molecule has 118 valence electrons. The van der Waals surface area contributed by atoms with Crippen LogP contribution in [0.1, 0.15) is 32.9 Å². The van der Waals surface area contributed by atoms with E-state index in [0.29, 0.717) is 18.7 Å². The van der Waals surface area contributed by atoms with Crippen LogP contribution >= 0.6 is 0 Å². The lowest BCUT2D eigenvalue weighted by molar-refractivity contribution is -0.384. The molecule has 1 heterocycles. The largest absolute Gasteiger partial charge is 0.481 e. The molecular weight excluding hydrogens is 276 g/mol. The number of aliphatic carboxylic acids is 1. The Morgan fingerprint density at radius 2 is 2.14 bits per heavy atom. The van der Waals surface area contributed by atoms with Crippen LogP contribution in [0.25, 0.3) is 0 Å². The van der Waals surface area contributed by atoms with Crippen molar-refractivity contribution in [1.29, 1.82) is 0 Å². The number of nitrogens with zero attached hydrogens (tertiary/aromatic N) is 3. The summed E-state index contributed by atoms with van der Waals surface area (Å²) in [6.07, 6.45) is 0.509. The minimum atomic E-state index is -0.905. The molecule has 0 aliphatic carbocycles. The van der Waals surface area contributed by atoms with E-state index in [9.17, 15) is 20.0 Å². The summed E-state index contributed by atoms with van der Waals surface area (Å²) in [6, 6.07) is 0. The first-order chi connectivity index (χ1) is 9.77. The molecule has 0 bridgehead atoms. The number of aromatic nitrogens is 2. The molecule has 0 radical (unpaired) electrons. The Balaban J connectivity index is 2.96. The second kappa shape index (κ2) is 7.05. The van der Waals surface area contributed by atoms with Gasteiger partial charge in [-0.1, -0.05) is 13.8 Å². The van der Waals surface area contributed by atoms with Gasteiger partial charge in [-0.05, 0) is 26.2 Å². The van der Waals surface area contributed by atoms with Gasteiger partial charge < -0.3 is 10.4 Å². The van der Waals surface area contributed by atoms with Gasteiger partial charge in [0.15, 0.2) is 0 Å². The van der Waals surface area contributed by atoms with Gasteiger partial charge in [-0.15, -0.1) is 0 Å². The predicted octanol–water partition coefficient (Wildman–Crippen LogP) is 2.28. The zero-order valence-electron chi connectivity index (χ0n) is 12.8. The molecule has 0 aliphatic rings. The molecule has 0 fully saturated rings. The maximum Gasteiger partial charge on any atom is 0.333 e. The van der Waals surface area contributed by atoms with E-state index in [-0.39, 0.29) is 24.0 Å². The number of carboxylic acid groups (broad SMARTS) is 1. The molecule has 0 aliphatic heterocycles. The average Bonchev–Trinajstić information content (AvgIpc) is 2.69. The Morgan fingerprint density at radius 1 is 1.52 bits per heavy atom. The molecule has 1 aromatic rings. The first-order valence-electron chi connectivity index (χ1n) is 6.96. The monoisotopic (exact) mass is 298 g/mol. The van der Waals surface area contributed by atoms with Crippen molar-refractivity contribution >= 4 is 17.5 Å². The maximum absolute atomic E-state index is 11.2. The number of rotatable bonds is 8. The van der Waals surface area contributed by atoms with E-state index in [1.54, 1.807) is 6.92 Å². The lowest BCUT2D eigenvalue weighted by atomic mass is 9.97. The molecule has 0 spiro atoms. The van der Waals surface area contributed by atoms with Gasteiger partial charge in [0.25, 0.3) is 0 Å².